The topological polar surface area (TPSA) is 28.7 Å². The number of halogens is 1. The van der Waals surface area contributed by atoms with Crippen molar-refractivity contribution in [3.05, 3.63) is 56.0 Å². The van der Waals surface area contributed by atoms with Crippen molar-refractivity contribution < 1.29 is 0 Å². The number of benzene rings is 1. The third-order valence-electron chi connectivity index (χ3n) is 2.91. The molecule has 1 aromatic carbocycles. The molecule has 0 unspecified atom stereocenters. The van der Waals surface area contributed by atoms with Gasteiger partial charge in [0, 0.05) is 33.7 Å². The summed E-state index contributed by atoms with van der Waals surface area (Å²) in [5.41, 5.74) is 3.70. The van der Waals surface area contributed by atoms with Crippen LogP contribution in [0.15, 0.2) is 28.7 Å². The summed E-state index contributed by atoms with van der Waals surface area (Å²) >= 11 is 10.7. The van der Waals surface area contributed by atoms with Gasteiger partial charge in [0.25, 0.3) is 0 Å². The van der Waals surface area contributed by atoms with Gasteiger partial charge in [0.15, 0.2) is 0 Å². The van der Waals surface area contributed by atoms with Crippen molar-refractivity contribution >= 4 is 39.9 Å². The molecule has 0 radical (unpaired) electrons. The molecule has 5 heteroatoms. The van der Waals surface area contributed by atoms with Crippen molar-refractivity contribution in [3.63, 3.8) is 0 Å². The third kappa shape index (κ3) is 2.53. The van der Waals surface area contributed by atoms with E-state index in [1.165, 1.54) is 16.8 Å². The average molecular weight is 339 g/mol. The van der Waals surface area contributed by atoms with E-state index in [1.54, 1.807) is 0 Å². The van der Waals surface area contributed by atoms with Crippen molar-refractivity contribution in [2.75, 3.05) is 0 Å². The number of hydrogen-bond acceptors (Lipinski definition) is 3. The highest BCUT2D eigenvalue weighted by Crippen LogP contribution is 2.28. The van der Waals surface area contributed by atoms with Crippen LogP contribution >= 0.6 is 39.9 Å². The van der Waals surface area contributed by atoms with Gasteiger partial charge in [-0.2, -0.15) is 11.8 Å². The molecule has 2 aromatic rings. The summed E-state index contributed by atoms with van der Waals surface area (Å²) in [6.07, 6.45) is 0.793. The van der Waals surface area contributed by atoms with E-state index in [-0.39, 0.29) is 0 Å². The molecule has 18 heavy (non-hydrogen) atoms. The summed E-state index contributed by atoms with van der Waals surface area (Å²) in [5.74, 6) is 2.97. The molecule has 92 valence electrons. The Balaban J connectivity index is 1.94. The molecular weight excluding hydrogens is 328 g/mol. The SMILES string of the molecule is S=c1nc(Cc2cccc(Br)c2)[nH]c2c1CSC2. The normalized spacial score (nSPS) is 13.6. The quantitative estimate of drug-likeness (QED) is 0.830. The van der Waals surface area contributed by atoms with Gasteiger partial charge in [-0.1, -0.05) is 40.3 Å². The summed E-state index contributed by atoms with van der Waals surface area (Å²) < 4.78 is 1.86. The maximum absolute atomic E-state index is 5.35. The molecule has 0 atom stereocenters. The molecule has 1 aliphatic heterocycles. The van der Waals surface area contributed by atoms with Crippen LogP contribution < -0.4 is 0 Å². The molecule has 0 saturated heterocycles. The molecule has 3 rings (SSSR count). The molecule has 1 aromatic heterocycles. The number of aromatic nitrogens is 2. The number of nitrogens with one attached hydrogen (secondary N) is 1. The van der Waals surface area contributed by atoms with Gasteiger partial charge in [0.2, 0.25) is 0 Å². The molecule has 0 bridgehead atoms. The second-order valence-corrected chi connectivity index (χ2v) is 6.53. The van der Waals surface area contributed by atoms with Crippen LogP contribution in [0.25, 0.3) is 0 Å². The highest BCUT2D eigenvalue weighted by Gasteiger charge is 2.15. The number of H-pyrrole nitrogens is 1. The third-order valence-corrected chi connectivity index (χ3v) is 4.72. The molecule has 2 nitrogen and oxygen atoms in total. The van der Waals surface area contributed by atoms with Crippen LogP contribution in [0.5, 0.6) is 0 Å². The van der Waals surface area contributed by atoms with E-state index in [2.05, 4.69) is 38.0 Å². The first-order valence-electron chi connectivity index (χ1n) is 5.65. The summed E-state index contributed by atoms with van der Waals surface area (Å²) in [4.78, 5) is 7.92. The Morgan fingerprint density at radius 1 is 1.39 bits per heavy atom. The minimum absolute atomic E-state index is 0.763. The maximum atomic E-state index is 5.35. The van der Waals surface area contributed by atoms with Crippen molar-refractivity contribution in [2.24, 2.45) is 0 Å². The zero-order valence-corrected chi connectivity index (χ0v) is 12.8. The van der Waals surface area contributed by atoms with E-state index in [0.29, 0.717) is 0 Å². The van der Waals surface area contributed by atoms with E-state index >= 15 is 0 Å². The molecule has 0 saturated carbocycles. The van der Waals surface area contributed by atoms with Crippen LogP contribution in [0.4, 0.5) is 0 Å². The number of hydrogen-bond donors (Lipinski definition) is 1. The molecule has 0 aliphatic carbocycles. The Kier molecular flexibility index (Phi) is 3.54. The second kappa shape index (κ2) is 5.15. The van der Waals surface area contributed by atoms with Crippen LogP contribution in [0, 0.1) is 4.64 Å². The molecule has 1 N–H and O–H groups in total. The summed E-state index contributed by atoms with van der Waals surface area (Å²) in [6.45, 7) is 0. The van der Waals surface area contributed by atoms with Gasteiger partial charge in [0.1, 0.15) is 10.5 Å². The lowest BCUT2D eigenvalue weighted by Gasteiger charge is -2.05. The van der Waals surface area contributed by atoms with E-state index < -0.39 is 0 Å². The molecule has 0 spiro atoms. The summed E-state index contributed by atoms with van der Waals surface area (Å²) in [5, 5.41) is 0. The number of aromatic amines is 1. The van der Waals surface area contributed by atoms with Gasteiger partial charge >= 0.3 is 0 Å². The first-order chi connectivity index (χ1) is 8.72. The number of nitrogens with zero attached hydrogens (tertiary/aromatic N) is 1. The highest BCUT2D eigenvalue weighted by molar-refractivity contribution is 9.10. The Hall–Kier alpha value is -0.650. The fraction of sp³-hybridized carbons (Fsp3) is 0.231. The Labute approximate surface area is 123 Å². The van der Waals surface area contributed by atoms with E-state index in [4.69, 9.17) is 12.2 Å². The van der Waals surface area contributed by atoms with Crippen LogP contribution in [-0.4, -0.2) is 9.97 Å². The first kappa shape index (κ1) is 12.4. The van der Waals surface area contributed by atoms with E-state index in [1.807, 2.05) is 23.9 Å². The predicted molar refractivity (Wildman–Crippen MR) is 81.4 cm³/mol. The highest BCUT2D eigenvalue weighted by atomic mass is 79.9. The fourth-order valence-electron chi connectivity index (χ4n) is 2.05. The van der Waals surface area contributed by atoms with Gasteiger partial charge in [-0.3, -0.25) is 0 Å². The van der Waals surface area contributed by atoms with Gasteiger partial charge in [-0.05, 0) is 17.7 Å². The van der Waals surface area contributed by atoms with Crippen molar-refractivity contribution in [3.8, 4) is 0 Å². The van der Waals surface area contributed by atoms with Crippen molar-refractivity contribution in [2.45, 2.75) is 17.9 Å². The van der Waals surface area contributed by atoms with Crippen LogP contribution in [0.3, 0.4) is 0 Å². The number of rotatable bonds is 2. The van der Waals surface area contributed by atoms with Crippen molar-refractivity contribution in [1.29, 1.82) is 0 Å². The molecule has 2 heterocycles. The fourth-order valence-corrected chi connectivity index (χ4v) is 3.96. The molecule has 1 aliphatic rings. The summed E-state index contributed by atoms with van der Waals surface area (Å²) in [6, 6.07) is 8.28. The second-order valence-electron chi connectivity index (χ2n) is 4.25. The maximum Gasteiger partial charge on any atom is 0.134 e. The standard InChI is InChI=1S/C13H11BrN2S2/c14-9-3-1-2-8(4-9)5-12-15-11-7-18-6-10(11)13(17)16-12/h1-4H,5-7H2,(H,15,16,17). The van der Waals surface area contributed by atoms with Gasteiger partial charge in [-0.15, -0.1) is 0 Å². The van der Waals surface area contributed by atoms with Gasteiger partial charge < -0.3 is 4.98 Å². The Morgan fingerprint density at radius 3 is 3.11 bits per heavy atom. The minimum atomic E-state index is 0.763. The molecule has 0 fully saturated rings. The van der Waals surface area contributed by atoms with Gasteiger partial charge in [0.05, 0.1) is 0 Å². The zero-order valence-electron chi connectivity index (χ0n) is 9.57. The van der Waals surface area contributed by atoms with Crippen LogP contribution in [-0.2, 0) is 17.9 Å². The Bertz CT molecular complexity index is 652. The first-order valence-corrected chi connectivity index (χ1v) is 8.01. The Morgan fingerprint density at radius 2 is 2.28 bits per heavy atom. The lowest BCUT2D eigenvalue weighted by Crippen LogP contribution is -2.02. The van der Waals surface area contributed by atoms with Crippen LogP contribution in [0.1, 0.15) is 22.6 Å². The monoisotopic (exact) mass is 338 g/mol. The largest absolute Gasteiger partial charge is 0.346 e. The van der Waals surface area contributed by atoms with Crippen molar-refractivity contribution in [1.82, 2.24) is 9.97 Å². The van der Waals surface area contributed by atoms with Gasteiger partial charge in [-0.25, -0.2) is 4.98 Å². The molecular formula is C13H11BrN2S2. The number of thioether (sulfide) groups is 1. The lowest BCUT2D eigenvalue weighted by atomic mass is 10.1. The average Bonchev–Trinajstić information content (AvgIpc) is 2.77. The summed E-state index contributed by atoms with van der Waals surface area (Å²) in [7, 11) is 0. The van der Waals surface area contributed by atoms with Crippen LogP contribution in [0.2, 0.25) is 0 Å². The minimum Gasteiger partial charge on any atom is -0.346 e. The predicted octanol–water partition coefficient (Wildman–Crippen LogP) is 4.24. The van der Waals surface area contributed by atoms with E-state index in [9.17, 15) is 0 Å². The number of fused-ring (bicyclic) bond motifs is 1. The lowest BCUT2D eigenvalue weighted by molar-refractivity contribution is 0.918. The van der Waals surface area contributed by atoms with E-state index in [0.717, 1.165) is 32.9 Å². The smallest absolute Gasteiger partial charge is 0.134 e. The zero-order chi connectivity index (χ0) is 12.5. The molecule has 0 amide bonds.